The van der Waals surface area contributed by atoms with E-state index in [1.807, 2.05) is 0 Å². The Balaban J connectivity index is 4.43. The molecule has 0 rings (SSSR count). The van der Waals surface area contributed by atoms with Gasteiger partial charge in [0.25, 0.3) is 0 Å². The van der Waals surface area contributed by atoms with Gasteiger partial charge in [0.1, 0.15) is 12.2 Å². The lowest BCUT2D eigenvalue weighted by molar-refractivity contribution is -0.151. The Labute approximate surface area is 360 Å². The van der Waals surface area contributed by atoms with Gasteiger partial charge < -0.3 is 25.0 Å². The van der Waals surface area contributed by atoms with Gasteiger partial charge in [0.15, 0.2) is 0 Å². The maximum absolute atomic E-state index is 12.8. The quantitative estimate of drug-likeness (QED) is 0.0469. The molecule has 0 spiro atoms. The Bertz CT molecular complexity index is 886. The molecule has 0 fully saturated rings. The monoisotopic (exact) mass is 822 g/mol. The third-order valence-electron chi connectivity index (χ3n) is 11.7. The van der Waals surface area contributed by atoms with E-state index in [2.05, 4.69) is 43.2 Å². The van der Waals surface area contributed by atoms with Crippen LogP contribution in [0.25, 0.3) is 0 Å². The maximum Gasteiger partial charge on any atom is 0.314 e. The van der Waals surface area contributed by atoms with Crippen molar-refractivity contribution in [1.29, 1.82) is 0 Å². The van der Waals surface area contributed by atoms with Gasteiger partial charge in [-0.3, -0.25) is 9.59 Å². The molecule has 2 amide bonds. The van der Waals surface area contributed by atoms with Gasteiger partial charge >= 0.3 is 18.0 Å². The van der Waals surface area contributed by atoms with Gasteiger partial charge in [-0.25, -0.2) is 4.79 Å². The van der Waals surface area contributed by atoms with Crippen molar-refractivity contribution in [3.05, 3.63) is 0 Å². The number of unbranched alkanes of at least 4 members (excludes halogenated alkanes) is 23. The molecule has 8 nitrogen and oxygen atoms in total. The van der Waals surface area contributed by atoms with Crippen molar-refractivity contribution < 1.29 is 23.9 Å². The van der Waals surface area contributed by atoms with Crippen LogP contribution in [0.2, 0.25) is 0 Å². The van der Waals surface area contributed by atoms with Crippen LogP contribution in [0, 0.1) is 0 Å². The number of esters is 2. The van der Waals surface area contributed by atoms with Crippen LogP contribution in [-0.2, 0) is 19.1 Å². The summed E-state index contributed by atoms with van der Waals surface area (Å²) >= 11 is 0. The lowest BCUT2D eigenvalue weighted by atomic mass is 10.0. The zero-order valence-electron chi connectivity index (χ0n) is 39.4. The van der Waals surface area contributed by atoms with Gasteiger partial charge in [-0.05, 0) is 96.7 Å². The Morgan fingerprint density at radius 3 is 1.16 bits per heavy atom. The summed E-state index contributed by atoms with van der Waals surface area (Å²) in [4.78, 5) is 39.6. The second kappa shape index (κ2) is 44.7. The Morgan fingerprint density at radius 1 is 0.414 bits per heavy atom. The number of ether oxygens (including phenoxy) is 2. The van der Waals surface area contributed by atoms with Crippen LogP contribution < -0.4 is 10.6 Å². The van der Waals surface area contributed by atoms with Gasteiger partial charge in [-0.2, -0.15) is 0 Å². The van der Waals surface area contributed by atoms with E-state index in [0.29, 0.717) is 19.4 Å². The van der Waals surface area contributed by atoms with Crippen molar-refractivity contribution in [3.63, 3.8) is 0 Å². The van der Waals surface area contributed by atoms with Crippen LogP contribution >= 0.6 is 0 Å². The predicted octanol–water partition coefficient (Wildman–Crippen LogP) is 14.2. The average Bonchev–Trinajstić information content (AvgIpc) is 3.21. The SMILES string of the molecule is CCCCCCCCC(CCC)OC(=O)CCCCCCCN(CCCCCCCC(=O)OC(CCCCCCCC)CCCCCCCC)CCCNC(=O)NC. The number of amides is 2. The summed E-state index contributed by atoms with van der Waals surface area (Å²) in [7, 11) is 1.65. The highest BCUT2D eigenvalue weighted by Crippen LogP contribution is 2.19. The van der Waals surface area contributed by atoms with E-state index in [0.717, 1.165) is 110 Å². The first-order valence-electron chi connectivity index (χ1n) is 25.5. The number of hydrogen-bond donors (Lipinski definition) is 2. The molecule has 0 aliphatic carbocycles. The average molecular weight is 822 g/mol. The highest BCUT2D eigenvalue weighted by molar-refractivity contribution is 5.73. The molecule has 0 saturated heterocycles. The molecule has 8 heteroatoms. The van der Waals surface area contributed by atoms with E-state index in [4.69, 9.17) is 9.47 Å². The highest BCUT2D eigenvalue weighted by atomic mass is 16.5. The molecule has 0 saturated carbocycles. The minimum Gasteiger partial charge on any atom is -0.462 e. The molecule has 0 radical (unpaired) electrons. The fourth-order valence-corrected chi connectivity index (χ4v) is 7.99. The van der Waals surface area contributed by atoms with Crippen LogP contribution in [0.5, 0.6) is 0 Å². The normalized spacial score (nSPS) is 12.0. The molecule has 2 N–H and O–H groups in total. The van der Waals surface area contributed by atoms with E-state index in [9.17, 15) is 14.4 Å². The molecule has 58 heavy (non-hydrogen) atoms. The minimum atomic E-state index is -0.121. The van der Waals surface area contributed by atoms with E-state index in [1.165, 1.54) is 128 Å². The number of nitrogens with one attached hydrogen (secondary N) is 2. The number of carbonyl (C=O) groups is 3. The first kappa shape index (κ1) is 56.2. The number of nitrogens with zero attached hydrogens (tertiary/aromatic N) is 1. The molecule has 0 aliphatic rings. The third kappa shape index (κ3) is 39.6. The zero-order valence-corrected chi connectivity index (χ0v) is 39.4. The lowest BCUT2D eigenvalue weighted by Crippen LogP contribution is -2.35. The zero-order chi connectivity index (χ0) is 42.6. The van der Waals surface area contributed by atoms with Gasteiger partial charge in [0.2, 0.25) is 0 Å². The number of urea groups is 1. The number of rotatable bonds is 45. The van der Waals surface area contributed by atoms with Crippen LogP contribution in [0.3, 0.4) is 0 Å². The fourth-order valence-electron chi connectivity index (χ4n) is 7.99. The predicted molar refractivity (Wildman–Crippen MR) is 248 cm³/mol. The standard InChI is InChI=1S/C50H99N3O5/c1-6-10-13-16-21-28-37-46(36-9-4)57-48(54)40-31-24-19-26-33-43-53(45-35-42-52-50(56)51-5)44-34-27-20-25-32-41-49(55)58-47(38-29-22-17-14-11-7-2)39-30-23-18-15-12-8-3/h46-47H,6-45H2,1-5H3,(H2,51,52,56). The molecular formula is C50H99N3O5. The van der Waals surface area contributed by atoms with Crippen LogP contribution in [0.4, 0.5) is 4.79 Å². The van der Waals surface area contributed by atoms with Crippen LogP contribution in [0.1, 0.15) is 259 Å². The Morgan fingerprint density at radius 2 is 0.759 bits per heavy atom. The van der Waals surface area contributed by atoms with Crippen molar-refractivity contribution in [2.45, 2.75) is 271 Å². The van der Waals surface area contributed by atoms with Gasteiger partial charge in [-0.15, -0.1) is 0 Å². The Kier molecular flexibility index (Phi) is 43.3. The van der Waals surface area contributed by atoms with E-state index >= 15 is 0 Å². The summed E-state index contributed by atoms with van der Waals surface area (Å²) in [5, 5.41) is 5.56. The molecule has 344 valence electrons. The Hall–Kier alpha value is -1.83. The smallest absolute Gasteiger partial charge is 0.314 e. The molecule has 1 atom stereocenters. The maximum atomic E-state index is 12.8. The van der Waals surface area contributed by atoms with E-state index < -0.39 is 0 Å². The number of hydrogen-bond acceptors (Lipinski definition) is 6. The fraction of sp³-hybridized carbons (Fsp3) is 0.940. The van der Waals surface area contributed by atoms with Crippen molar-refractivity contribution >= 4 is 18.0 Å². The molecule has 0 aromatic carbocycles. The summed E-state index contributed by atoms with van der Waals surface area (Å²) in [6.45, 7) is 12.8. The van der Waals surface area contributed by atoms with E-state index in [-0.39, 0.29) is 30.2 Å². The molecule has 1 unspecified atom stereocenters. The number of carbonyl (C=O) groups excluding carboxylic acids is 3. The first-order valence-corrected chi connectivity index (χ1v) is 25.5. The highest BCUT2D eigenvalue weighted by Gasteiger charge is 2.15. The summed E-state index contributed by atoms with van der Waals surface area (Å²) in [5.41, 5.74) is 0. The molecule has 0 bridgehead atoms. The summed E-state index contributed by atoms with van der Waals surface area (Å²) in [6, 6.07) is -0.121. The van der Waals surface area contributed by atoms with Crippen molar-refractivity contribution in [1.82, 2.24) is 15.5 Å². The van der Waals surface area contributed by atoms with Gasteiger partial charge in [0.05, 0.1) is 0 Å². The lowest BCUT2D eigenvalue weighted by Gasteiger charge is -2.22. The third-order valence-corrected chi connectivity index (χ3v) is 11.7. The van der Waals surface area contributed by atoms with Crippen LogP contribution in [-0.4, -0.2) is 68.3 Å². The molecule has 0 heterocycles. The van der Waals surface area contributed by atoms with Crippen molar-refractivity contribution in [2.75, 3.05) is 33.2 Å². The van der Waals surface area contributed by atoms with Gasteiger partial charge in [-0.1, -0.05) is 169 Å². The van der Waals surface area contributed by atoms with E-state index in [1.54, 1.807) is 7.05 Å². The second-order valence-electron chi connectivity index (χ2n) is 17.4. The molecule has 0 aliphatic heterocycles. The second-order valence-corrected chi connectivity index (χ2v) is 17.4. The van der Waals surface area contributed by atoms with Gasteiger partial charge in [0, 0.05) is 26.4 Å². The van der Waals surface area contributed by atoms with Crippen LogP contribution in [0.15, 0.2) is 0 Å². The largest absolute Gasteiger partial charge is 0.462 e. The topological polar surface area (TPSA) is 97.0 Å². The minimum absolute atomic E-state index is 0.00727. The molecule has 0 aromatic heterocycles. The molecular weight excluding hydrogens is 723 g/mol. The summed E-state index contributed by atoms with van der Waals surface area (Å²) in [5.74, 6) is 0.00463. The van der Waals surface area contributed by atoms with Crippen molar-refractivity contribution in [2.24, 2.45) is 0 Å². The van der Waals surface area contributed by atoms with Crippen molar-refractivity contribution in [3.8, 4) is 0 Å². The first-order chi connectivity index (χ1) is 28.4. The summed E-state index contributed by atoms with van der Waals surface area (Å²) in [6.07, 6.45) is 41.3. The molecule has 0 aromatic rings. The summed E-state index contributed by atoms with van der Waals surface area (Å²) < 4.78 is 12.0.